The zero-order chi connectivity index (χ0) is 47.3. The van der Waals surface area contributed by atoms with Crippen LogP contribution in [0.5, 0.6) is 0 Å². The van der Waals surface area contributed by atoms with Gasteiger partial charge in [0.25, 0.3) is 11.1 Å². The average molecular weight is 1070 g/mol. The minimum Gasteiger partial charge on any atom is -0.477 e. The number of aromatic nitrogens is 5. The number of rotatable bonds is 6. The standard InChI is InChI=1S/C14H20BNO3.C8H8BrNO.C7H5BrClNO.C6H4BrNO3.C6H5NO3/c1-9-12(10(2)17)7-11(8-16-9)15-18-13(3,4)14(5,6)19-15;1-5-8(6(2)11)3-7(9)4-10-5;1-4(11)6-2-5(8)3-10-7(6)9;7-3-1-4(6(10)11)5(9)8-2-3;8-5-4(6(9)10)2-1-3-7-5/h7-8H,1-6H3;3-4H,1-2H3;2-3H,1H3;1-2H,(H,8,9)(H,10,11);1-3H,(H,7,8)(H,9,10). The fraction of sp³-hybridized carbons (Fsp3) is 0.268. The number of carbonyl (C=O) groups is 5. The van der Waals surface area contributed by atoms with Crippen LogP contribution in [0.1, 0.15) is 112 Å². The van der Waals surface area contributed by atoms with Gasteiger partial charge in [-0.2, -0.15) is 0 Å². The highest BCUT2D eigenvalue weighted by Gasteiger charge is 2.52. The molecule has 0 bridgehead atoms. The number of aromatic amines is 2. The molecule has 4 N–H and O–H groups in total. The lowest BCUT2D eigenvalue weighted by Gasteiger charge is -2.32. The Balaban J connectivity index is 0.000000274. The molecule has 16 nitrogen and oxygen atoms in total. The second-order valence-electron chi connectivity index (χ2n) is 14.0. The van der Waals surface area contributed by atoms with Crippen molar-refractivity contribution in [3.05, 3.63) is 146 Å². The maximum absolute atomic E-state index is 11.6. The van der Waals surface area contributed by atoms with Crippen LogP contribution in [-0.2, 0) is 9.31 Å². The summed E-state index contributed by atoms with van der Waals surface area (Å²) in [6.07, 6.45) is 7.71. The van der Waals surface area contributed by atoms with Gasteiger partial charge in [-0.1, -0.05) is 11.6 Å². The first-order valence-electron chi connectivity index (χ1n) is 18.0. The molecule has 1 aliphatic heterocycles. The van der Waals surface area contributed by atoms with Crippen molar-refractivity contribution in [3.63, 3.8) is 0 Å². The van der Waals surface area contributed by atoms with E-state index in [1.807, 2.05) is 47.6 Å². The van der Waals surface area contributed by atoms with Crippen molar-refractivity contribution in [2.45, 2.75) is 73.5 Å². The number of carboxylic acids is 2. The van der Waals surface area contributed by atoms with E-state index < -0.39 is 30.2 Å². The van der Waals surface area contributed by atoms with E-state index in [-0.39, 0.29) is 44.8 Å². The van der Waals surface area contributed by atoms with Crippen molar-refractivity contribution in [1.29, 1.82) is 0 Å². The monoisotopic (exact) mass is 1060 g/mol. The average Bonchev–Trinajstić information content (AvgIpc) is 3.41. The molecule has 0 radical (unpaired) electrons. The maximum Gasteiger partial charge on any atom is 0.496 e. The summed E-state index contributed by atoms with van der Waals surface area (Å²) in [7, 11) is -0.476. The van der Waals surface area contributed by atoms with Crippen molar-refractivity contribution in [1.82, 2.24) is 24.9 Å². The Hall–Kier alpha value is -4.99. The lowest BCUT2D eigenvalue weighted by molar-refractivity contribution is 0.00578. The molecule has 5 aromatic rings. The largest absolute Gasteiger partial charge is 0.496 e. The molecule has 0 unspecified atom stereocenters. The van der Waals surface area contributed by atoms with Crippen LogP contribution in [0.15, 0.2) is 90.4 Å². The summed E-state index contributed by atoms with van der Waals surface area (Å²) in [5.74, 6) is -2.46. The number of ketones is 3. The Morgan fingerprint density at radius 3 is 1.50 bits per heavy atom. The van der Waals surface area contributed by atoms with Crippen molar-refractivity contribution in [2.24, 2.45) is 0 Å². The van der Waals surface area contributed by atoms with Gasteiger partial charge in [-0.05, 0) is 147 Å². The Labute approximate surface area is 386 Å². The zero-order valence-electron chi connectivity index (χ0n) is 34.9. The van der Waals surface area contributed by atoms with Gasteiger partial charge in [-0.25, -0.2) is 14.6 Å². The minimum absolute atomic E-state index is 0.00312. The summed E-state index contributed by atoms with van der Waals surface area (Å²) in [5.41, 5.74) is 1.59. The van der Waals surface area contributed by atoms with E-state index >= 15 is 0 Å². The third kappa shape index (κ3) is 15.7. The van der Waals surface area contributed by atoms with E-state index in [9.17, 15) is 33.6 Å². The lowest BCUT2D eigenvalue weighted by Crippen LogP contribution is -2.41. The number of aryl methyl sites for hydroxylation is 2. The van der Waals surface area contributed by atoms with E-state index in [0.29, 0.717) is 21.2 Å². The van der Waals surface area contributed by atoms with Gasteiger partial charge < -0.3 is 29.5 Å². The van der Waals surface area contributed by atoms with Crippen LogP contribution in [0.3, 0.4) is 0 Å². The fourth-order valence-corrected chi connectivity index (χ4v) is 6.00. The topological polar surface area (TPSA) is 249 Å². The highest BCUT2D eigenvalue weighted by atomic mass is 79.9. The molecular weight excluding hydrogens is 1020 g/mol. The zero-order valence-corrected chi connectivity index (χ0v) is 40.4. The van der Waals surface area contributed by atoms with E-state index in [4.69, 9.17) is 31.1 Å². The minimum atomic E-state index is -1.23. The van der Waals surface area contributed by atoms with Crippen LogP contribution in [0, 0.1) is 13.8 Å². The smallest absolute Gasteiger partial charge is 0.477 e. The molecule has 0 saturated carbocycles. The van der Waals surface area contributed by atoms with Crippen molar-refractivity contribution < 1.29 is 43.5 Å². The van der Waals surface area contributed by atoms with Crippen LogP contribution < -0.4 is 16.6 Å². The number of pyridine rings is 5. The molecule has 0 spiro atoms. The number of carboxylic acid groups (broad SMARTS) is 2. The van der Waals surface area contributed by atoms with Gasteiger partial charge in [0.1, 0.15) is 16.3 Å². The number of nitrogens with one attached hydrogen (secondary N) is 2. The third-order valence-electron chi connectivity index (χ3n) is 8.78. The molecule has 62 heavy (non-hydrogen) atoms. The van der Waals surface area contributed by atoms with Crippen molar-refractivity contribution >= 4 is 101 Å². The van der Waals surface area contributed by atoms with E-state index in [1.54, 1.807) is 30.7 Å². The van der Waals surface area contributed by atoms with Gasteiger partial charge in [0, 0.05) is 72.4 Å². The quantitative estimate of drug-likeness (QED) is 0.0718. The number of hydrogen-bond donors (Lipinski definition) is 4. The predicted molar refractivity (Wildman–Crippen MR) is 244 cm³/mol. The number of halogens is 4. The Morgan fingerprint density at radius 2 is 1.08 bits per heavy atom. The molecule has 0 aliphatic carbocycles. The first-order valence-corrected chi connectivity index (χ1v) is 20.7. The summed E-state index contributed by atoms with van der Waals surface area (Å²) >= 11 is 15.1. The molecule has 0 atom stereocenters. The summed E-state index contributed by atoms with van der Waals surface area (Å²) in [5, 5.41) is 17.0. The number of Topliss-reactive ketones (excluding diaryl/α,β-unsaturated/α-hetero) is 3. The number of H-pyrrole nitrogens is 2. The maximum atomic E-state index is 11.6. The molecule has 1 fully saturated rings. The molecule has 1 saturated heterocycles. The van der Waals surface area contributed by atoms with Crippen LogP contribution in [0.2, 0.25) is 5.15 Å². The third-order valence-corrected chi connectivity index (χ3v) is 10.4. The van der Waals surface area contributed by atoms with Crippen LogP contribution in [0.4, 0.5) is 0 Å². The fourth-order valence-electron chi connectivity index (χ4n) is 4.75. The Bertz CT molecular complexity index is 2510. The van der Waals surface area contributed by atoms with Crippen LogP contribution >= 0.6 is 59.4 Å². The van der Waals surface area contributed by atoms with Crippen molar-refractivity contribution in [3.8, 4) is 0 Å². The molecule has 0 aromatic carbocycles. The molecular formula is C41H42BBr3ClN5O11. The van der Waals surface area contributed by atoms with Gasteiger partial charge in [0.05, 0.1) is 16.8 Å². The van der Waals surface area contributed by atoms with Gasteiger partial charge in [0.15, 0.2) is 17.3 Å². The molecule has 328 valence electrons. The number of nitrogens with zero attached hydrogens (tertiary/aromatic N) is 3. The summed E-state index contributed by atoms with van der Waals surface area (Å²) in [6.45, 7) is 16.2. The van der Waals surface area contributed by atoms with Gasteiger partial charge in [-0.15, -0.1) is 0 Å². The molecule has 21 heteroatoms. The molecule has 6 rings (SSSR count). The van der Waals surface area contributed by atoms with E-state index in [1.165, 1.54) is 51.4 Å². The molecule has 6 heterocycles. The Morgan fingerprint density at radius 1 is 0.645 bits per heavy atom. The summed E-state index contributed by atoms with van der Waals surface area (Å²) in [4.78, 5) is 91.9. The second kappa shape index (κ2) is 23.5. The lowest BCUT2D eigenvalue weighted by atomic mass is 9.79. The van der Waals surface area contributed by atoms with Gasteiger partial charge in [-0.3, -0.25) is 33.9 Å². The van der Waals surface area contributed by atoms with Gasteiger partial charge >= 0.3 is 19.1 Å². The number of hydrogen-bond acceptors (Lipinski definition) is 12. The van der Waals surface area contributed by atoms with Crippen LogP contribution in [-0.4, -0.2) is 82.7 Å². The van der Waals surface area contributed by atoms with E-state index in [2.05, 4.69) is 72.7 Å². The highest BCUT2D eigenvalue weighted by molar-refractivity contribution is 9.11. The number of carbonyl (C=O) groups excluding carboxylic acids is 3. The SMILES string of the molecule is CC(=O)c1cc(B2OC(C)(C)C(C)(C)O2)cnc1C.CC(=O)c1cc(Br)cnc1C.CC(=O)c1cc(Br)cnc1Cl.O=C(O)c1cc(Br)c[nH]c1=O.O=C(O)c1ccc[nH]c1=O. The van der Waals surface area contributed by atoms with E-state index in [0.717, 1.165) is 25.8 Å². The first-order chi connectivity index (χ1) is 28.7. The Kier molecular flexibility index (Phi) is 20.1. The summed E-state index contributed by atoms with van der Waals surface area (Å²) < 4.78 is 14.0. The highest BCUT2D eigenvalue weighted by Crippen LogP contribution is 2.36. The van der Waals surface area contributed by atoms with Crippen LogP contribution in [0.25, 0.3) is 0 Å². The van der Waals surface area contributed by atoms with Gasteiger partial charge in [0.2, 0.25) is 0 Å². The second-order valence-corrected chi connectivity index (χ2v) is 17.1. The molecule has 1 aliphatic rings. The normalized spacial score (nSPS) is 13.0. The molecule has 0 amide bonds. The summed E-state index contributed by atoms with van der Waals surface area (Å²) in [6, 6.07) is 9.21. The predicted octanol–water partition coefficient (Wildman–Crippen LogP) is 7.86. The number of aromatic carboxylic acids is 2. The first kappa shape index (κ1) is 53.2. The molecule has 5 aromatic heterocycles. The van der Waals surface area contributed by atoms with Crippen molar-refractivity contribution in [2.75, 3.05) is 0 Å².